The maximum Gasteiger partial charge on any atom is 0.167 e. The van der Waals surface area contributed by atoms with Gasteiger partial charge in [-0.15, -0.1) is 0 Å². The SMILES string of the molecule is COc1ccc(/C=C(/C(=O)Cc2ccccc2)c2ccccc2)cc1. The van der Waals surface area contributed by atoms with E-state index in [1.807, 2.05) is 91.0 Å². The van der Waals surface area contributed by atoms with Gasteiger partial charge in [0.15, 0.2) is 5.78 Å². The van der Waals surface area contributed by atoms with E-state index >= 15 is 0 Å². The zero-order valence-electron chi connectivity index (χ0n) is 14.2. The van der Waals surface area contributed by atoms with E-state index < -0.39 is 0 Å². The van der Waals surface area contributed by atoms with Gasteiger partial charge < -0.3 is 4.74 Å². The highest BCUT2D eigenvalue weighted by atomic mass is 16.5. The minimum absolute atomic E-state index is 0.105. The maximum absolute atomic E-state index is 12.9. The third kappa shape index (κ3) is 4.45. The van der Waals surface area contributed by atoms with Gasteiger partial charge in [0.2, 0.25) is 0 Å². The topological polar surface area (TPSA) is 26.3 Å². The molecule has 3 rings (SSSR count). The first-order valence-electron chi connectivity index (χ1n) is 8.24. The van der Waals surface area contributed by atoms with E-state index in [0.29, 0.717) is 6.42 Å². The van der Waals surface area contributed by atoms with Gasteiger partial charge in [0, 0.05) is 12.0 Å². The Hall–Kier alpha value is -3.13. The summed E-state index contributed by atoms with van der Waals surface area (Å²) in [5.41, 5.74) is 3.64. The van der Waals surface area contributed by atoms with Gasteiger partial charge in [-0.25, -0.2) is 0 Å². The summed E-state index contributed by atoms with van der Waals surface area (Å²) in [6.45, 7) is 0. The molecule has 0 saturated carbocycles. The van der Waals surface area contributed by atoms with Crippen molar-refractivity contribution >= 4 is 17.4 Å². The van der Waals surface area contributed by atoms with Crippen LogP contribution in [-0.4, -0.2) is 12.9 Å². The van der Waals surface area contributed by atoms with Crippen LogP contribution in [0.2, 0.25) is 0 Å². The van der Waals surface area contributed by atoms with Gasteiger partial charge in [-0.3, -0.25) is 4.79 Å². The average molecular weight is 328 g/mol. The van der Waals surface area contributed by atoms with E-state index in [-0.39, 0.29) is 5.78 Å². The van der Waals surface area contributed by atoms with Crippen LogP contribution < -0.4 is 4.74 Å². The zero-order chi connectivity index (χ0) is 17.5. The molecule has 0 fully saturated rings. The van der Waals surface area contributed by atoms with Crippen LogP contribution in [0.1, 0.15) is 16.7 Å². The smallest absolute Gasteiger partial charge is 0.167 e. The summed E-state index contributed by atoms with van der Waals surface area (Å²) in [7, 11) is 1.64. The molecule has 0 aromatic heterocycles. The van der Waals surface area contributed by atoms with Crippen LogP contribution in [0.3, 0.4) is 0 Å². The maximum atomic E-state index is 12.9. The molecule has 0 aliphatic heterocycles. The van der Waals surface area contributed by atoms with Gasteiger partial charge in [-0.05, 0) is 34.9 Å². The monoisotopic (exact) mass is 328 g/mol. The molecule has 124 valence electrons. The molecule has 0 heterocycles. The third-order valence-corrected chi connectivity index (χ3v) is 4.02. The summed E-state index contributed by atoms with van der Waals surface area (Å²) in [5.74, 6) is 0.905. The van der Waals surface area contributed by atoms with E-state index in [1.165, 1.54) is 0 Å². The summed E-state index contributed by atoms with van der Waals surface area (Å²) in [6, 6.07) is 27.3. The van der Waals surface area contributed by atoms with Crippen LogP contribution in [-0.2, 0) is 11.2 Å². The fourth-order valence-corrected chi connectivity index (χ4v) is 2.69. The third-order valence-electron chi connectivity index (χ3n) is 4.02. The minimum Gasteiger partial charge on any atom is -0.497 e. The van der Waals surface area contributed by atoms with Crippen molar-refractivity contribution in [3.05, 3.63) is 102 Å². The number of carbonyl (C=O) groups excluding carboxylic acids is 1. The van der Waals surface area contributed by atoms with Gasteiger partial charge in [0.1, 0.15) is 5.75 Å². The zero-order valence-corrected chi connectivity index (χ0v) is 14.2. The molecule has 2 heteroatoms. The van der Waals surface area contributed by atoms with Gasteiger partial charge in [0.25, 0.3) is 0 Å². The number of Topliss-reactive ketones (excluding diaryl/α,β-unsaturated/α-hetero) is 1. The van der Waals surface area contributed by atoms with E-state index in [1.54, 1.807) is 7.11 Å². The Morgan fingerprint density at radius 1 is 0.840 bits per heavy atom. The predicted octanol–water partition coefficient (Wildman–Crippen LogP) is 5.05. The standard InChI is InChI=1S/C23H20O2/c1-25-21-14-12-19(13-15-21)16-22(20-10-6-3-7-11-20)23(24)17-18-8-4-2-5-9-18/h2-16H,17H2,1H3/b22-16+. The summed E-state index contributed by atoms with van der Waals surface area (Å²) in [5, 5.41) is 0. The molecule has 0 N–H and O–H groups in total. The molecule has 0 amide bonds. The lowest BCUT2D eigenvalue weighted by atomic mass is 9.95. The number of ketones is 1. The van der Waals surface area contributed by atoms with Crippen molar-refractivity contribution in [1.82, 2.24) is 0 Å². The van der Waals surface area contributed by atoms with Gasteiger partial charge in [-0.2, -0.15) is 0 Å². The Labute approximate surface area is 148 Å². The van der Waals surface area contributed by atoms with Crippen LogP contribution in [0.4, 0.5) is 0 Å². The van der Waals surface area contributed by atoms with E-state index in [2.05, 4.69) is 0 Å². The van der Waals surface area contributed by atoms with E-state index in [9.17, 15) is 4.79 Å². The van der Waals surface area contributed by atoms with E-state index in [4.69, 9.17) is 4.74 Å². The van der Waals surface area contributed by atoms with Gasteiger partial charge in [0.05, 0.1) is 7.11 Å². The highest BCUT2D eigenvalue weighted by Crippen LogP contribution is 2.22. The Bertz CT molecular complexity index is 848. The van der Waals surface area contributed by atoms with Crippen molar-refractivity contribution in [2.75, 3.05) is 7.11 Å². The first-order valence-corrected chi connectivity index (χ1v) is 8.24. The number of rotatable bonds is 6. The van der Waals surface area contributed by atoms with Crippen LogP contribution in [0.15, 0.2) is 84.9 Å². The number of ether oxygens (including phenoxy) is 1. The second-order valence-corrected chi connectivity index (χ2v) is 5.78. The molecule has 0 aliphatic rings. The molecule has 2 nitrogen and oxygen atoms in total. The molecule has 0 aliphatic carbocycles. The van der Waals surface area contributed by atoms with Crippen molar-refractivity contribution in [3.8, 4) is 5.75 Å². The molecule has 0 saturated heterocycles. The largest absolute Gasteiger partial charge is 0.497 e. The molecule has 0 spiro atoms. The number of allylic oxidation sites excluding steroid dienone is 1. The van der Waals surface area contributed by atoms with Crippen LogP contribution in [0, 0.1) is 0 Å². The fourth-order valence-electron chi connectivity index (χ4n) is 2.69. The average Bonchev–Trinajstić information content (AvgIpc) is 2.68. The number of carbonyl (C=O) groups is 1. The van der Waals surface area contributed by atoms with Crippen molar-refractivity contribution in [1.29, 1.82) is 0 Å². The van der Waals surface area contributed by atoms with Crippen molar-refractivity contribution < 1.29 is 9.53 Å². The lowest BCUT2D eigenvalue weighted by molar-refractivity contribution is -0.113. The second kappa shape index (κ2) is 8.11. The fraction of sp³-hybridized carbons (Fsp3) is 0.0870. The van der Waals surface area contributed by atoms with Crippen LogP contribution >= 0.6 is 0 Å². The number of methoxy groups -OCH3 is 1. The van der Waals surface area contributed by atoms with Crippen LogP contribution in [0.25, 0.3) is 11.6 Å². The van der Waals surface area contributed by atoms with Crippen molar-refractivity contribution in [3.63, 3.8) is 0 Å². The molecule has 0 bridgehead atoms. The highest BCUT2D eigenvalue weighted by molar-refractivity contribution is 6.25. The molecule has 0 atom stereocenters. The highest BCUT2D eigenvalue weighted by Gasteiger charge is 2.13. The Kier molecular flexibility index (Phi) is 5.43. The summed E-state index contributed by atoms with van der Waals surface area (Å²) >= 11 is 0. The second-order valence-electron chi connectivity index (χ2n) is 5.78. The van der Waals surface area contributed by atoms with Crippen LogP contribution in [0.5, 0.6) is 5.75 Å². The Balaban J connectivity index is 1.94. The Morgan fingerprint density at radius 3 is 2.04 bits per heavy atom. The van der Waals surface area contributed by atoms with Crippen molar-refractivity contribution in [2.24, 2.45) is 0 Å². The minimum atomic E-state index is 0.105. The Morgan fingerprint density at radius 2 is 1.44 bits per heavy atom. The number of benzene rings is 3. The normalized spacial score (nSPS) is 11.2. The predicted molar refractivity (Wildman–Crippen MR) is 102 cm³/mol. The number of hydrogen-bond acceptors (Lipinski definition) is 2. The quantitative estimate of drug-likeness (QED) is 0.468. The molecule has 25 heavy (non-hydrogen) atoms. The number of hydrogen-bond donors (Lipinski definition) is 0. The molecule has 0 radical (unpaired) electrons. The first-order chi connectivity index (χ1) is 12.3. The molecule has 3 aromatic rings. The summed E-state index contributed by atoms with van der Waals surface area (Å²) in [6.07, 6.45) is 2.33. The molecular formula is C23H20O2. The van der Waals surface area contributed by atoms with Crippen molar-refractivity contribution in [2.45, 2.75) is 6.42 Å². The summed E-state index contributed by atoms with van der Waals surface area (Å²) < 4.78 is 5.20. The summed E-state index contributed by atoms with van der Waals surface area (Å²) in [4.78, 5) is 12.9. The van der Waals surface area contributed by atoms with E-state index in [0.717, 1.165) is 28.0 Å². The molecule has 0 unspecified atom stereocenters. The molecule has 3 aromatic carbocycles. The first kappa shape index (κ1) is 16.7. The lowest BCUT2D eigenvalue weighted by Gasteiger charge is -2.08. The lowest BCUT2D eigenvalue weighted by Crippen LogP contribution is -2.06. The van der Waals surface area contributed by atoms with Gasteiger partial charge in [-0.1, -0.05) is 72.8 Å². The molecular weight excluding hydrogens is 308 g/mol. The van der Waals surface area contributed by atoms with Gasteiger partial charge >= 0.3 is 0 Å².